The third-order valence-electron chi connectivity index (χ3n) is 14.9. The second kappa shape index (κ2) is 19.0. The molecule has 0 amide bonds. The number of rotatable bonds is 10. The maximum Gasteiger partial charge on any atom is 0.0540 e. The molecule has 0 saturated heterocycles. The Labute approximate surface area is 438 Å². The van der Waals surface area contributed by atoms with Crippen LogP contribution in [0, 0.1) is 27.7 Å². The maximum absolute atomic E-state index is 2.46. The Morgan fingerprint density at radius 2 is 0.500 bits per heavy atom. The lowest BCUT2D eigenvalue weighted by Gasteiger charge is -2.32. The predicted molar refractivity (Wildman–Crippen MR) is 324 cm³/mol. The van der Waals surface area contributed by atoms with Crippen LogP contribution >= 0.6 is 0 Å². The van der Waals surface area contributed by atoms with Crippen molar-refractivity contribution >= 4 is 102 Å². The molecule has 0 aliphatic rings. The molecule has 11 aromatic carbocycles. The monoisotopic (exact) mass is 959 g/mol. The first kappa shape index (κ1) is 48.1. The summed E-state index contributed by atoms with van der Waals surface area (Å²) >= 11 is 0. The highest BCUT2D eigenvalue weighted by molar-refractivity contribution is 6.37. The van der Waals surface area contributed by atoms with Crippen molar-refractivity contribution < 1.29 is 0 Å². The summed E-state index contributed by atoms with van der Waals surface area (Å²) in [5, 5.41) is 10.3. The van der Waals surface area contributed by atoms with E-state index in [9.17, 15) is 0 Å². The van der Waals surface area contributed by atoms with Gasteiger partial charge < -0.3 is 9.80 Å². The van der Waals surface area contributed by atoms with Crippen molar-refractivity contribution in [3.8, 4) is 0 Å². The fraction of sp³-hybridized carbons (Fsp3) is 0.167. The first-order valence-electron chi connectivity index (χ1n) is 26.2. The SMILES string of the molecule is Cc1ccc(/C=C/c2ccc(N(c3ccc(C)cc3)c3ccc4c5c(C(C)(C)C)ccc6c(N(c7ccc(C)cc7)c7ccc(/C=C/c8ccc(C)cc8)cc7)ccc(c7c(C(C)(C)C)ccc3c47)c65)cc2)cc1. The fourth-order valence-electron chi connectivity index (χ4n) is 10.9. The molecule has 364 valence electrons. The predicted octanol–water partition coefficient (Wildman–Crippen LogP) is 20.8. The van der Waals surface area contributed by atoms with E-state index in [2.05, 4.69) is 297 Å². The van der Waals surface area contributed by atoms with Gasteiger partial charge in [0.2, 0.25) is 0 Å². The molecule has 0 saturated carbocycles. The molecule has 74 heavy (non-hydrogen) atoms. The van der Waals surface area contributed by atoms with Gasteiger partial charge >= 0.3 is 0 Å². The number of anilines is 6. The Hall–Kier alpha value is -8.20. The van der Waals surface area contributed by atoms with Crippen molar-refractivity contribution in [2.24, 2.45) is 0 Å². The van der Waals surface area contributed by atoms with Crippen LogP contribution in [-0.4, -0.2) is 0 Å². The molecule has 0 aromatic heterocycles. The molecule has 11 rings (SSSR count). The van der Waals surface area contributed by atoms with Crippen LogP contribution in [0.2, 0.25) is 0 Å². The molecule has 0 N–H and O–H groups in total. The van der Waals surface area contributed by atoms with Gasteiger partial charge in [0, 0.05) is 33.5 Å². The summed E-state index contributed by atoms with van der Waals surface area (Å²) in [5.74, 6) is 0. The smallest absolute Gasteiger partial charge is 0.0540 e. The molecule has 0 heterocycles. The highest BCUT2D eigenvalue weighted by Crippen LogP contribution is 2.53. The summed E-state index contributed by atoms with van der Waals surface area (Å²) in [7, 11) is 0. The molecule has 0 aliphatic heterocycles. The highest BCUT2D eigenvalue weighted by atomic mass is 15.1. The molecular formula is C72H66N2. The lowest BCUT2D eigenvalue weighted by atomic mass is 9.76. The van der Waals surface area contributed by atoms with E-state index in [1.165, 1.54) is 87.6 Å². The van der Waals surface area contributed by atoms with Crippen molar-refractivity contribution in [2.75, 3.05) is 9.80 Å². The van der Waals surface area contributed by atoms with Gasteiger partial charge in [0.1, 0.15) is 0 Å². The first-order chi connectivity index (χ1) is 35.6. The van der Waals surface area contributed by atoms with Crippen LogP contribution in [0.3, 0.4) is 0 Å². The van der Waals surface area contributed by atoms with Gasteiger partial charge in [-0.05, 0) is 165 Å². The van der Waals surface area contributed by atoms with Crippen LogP contribution < -0.4 is 9.80 Å². The standard InChI is InChI=1S/C72H66N2/c1-47-11-19-51(20-12-47)23-25-53-27-35-57(36-28-53)73(55-31-15-49(3)16-32-55)65-45-41-61-67-59(65)39-43-63(71(5,6)7)69(67)62-42-46-66(60-40-44-64(72(8,9)10)70(61)68(60)62)74(56-33-17-50(4)18-34-56)58-37-29-54(30-38-58)26-24-52-21-13-48(2)14-22-52/h11-46H,1-10H3/b25-23+,26-24+. The number of nitrogens with zero attached hydrogens (tertiary/aromatic N) is 2. The van der Waals surface area contributed by atoms with Gasteiger partial charge in [0.05, 0.1) is 11.4 Å². The van der Waals surface area contributed by atoms with E-state index in [1.54, 1.807) is 0 Å². The molecule has 0 fully saturated rings. The van der Waals surface area contributed by atoms with Crippen LogP contribution in [0.15, 0.2) is 194 Å². The van der Waals surface area contributed by atoms with Crippen molar-refractivity contribution in [1.82, 2.24) is 0 Å². The van der Waals surface area contributed by atoms with Gasteiger partial charge in [-0.1, -0.05) is 222 Å². The van der Waals surface area contributed by atoms with Crippen LogP contribution in [-0.2, 0) is 10.8 Å². The van der Waals surface area contributed by atoms with Crippen LogP contribution in [0.1, 0.15) is 97.2 Å². The average molecular weight is 959 g/mol. The Bertz CT molecular complexity index is 3620. The molecule has 0 atom stereocenters. The van der Waals surface area contributed by atoms with E-state index in [0.29, 0.717) is 0 Å². The van der Waals surface area contributed by atoms with Crippen LogP contribution in [0.4, 0.5) is 34.1 Å². The Kier molecular flexibility index (Phi) is 12.4. The summed E-state index contributed by atoms with van der Waals surface area (Å²) in [5.41, 5.74) is 18.9. The summed E-state index contributed by atoms with van der Waals surface area (Å²) in [4.78, 5) is 4.92. The van der Waals surface area contributed by atoms with Gasteiger partial charge in [-0.25, -0.2) is 0 Å². The topological polar surface area (TPSA) is 6.48 Å². The third kappa shape index (κ3) is 9.15. The van der Waals surface area contributed by atoms with Gasteiger partial charge in [0.25, 0.3) is 0 Å². The maximum atomic E-state index is 2.46. The Morgan fingerprint density at radius 1 is 0.257 bits per heavy atom. The minimum absolute atomic E-state index is 0.136. The van der Waals surface area contributed by atoms with Crippen molar-refractivity contribution in [3.05, 3.63) is 250 Å². The normalized spacial score (nSPS) is 12.4. The van der Waals surface area contributed by atoms with Gasteiger partial charge in [-0.15, -0.1) is 0 Å². The lowest BCUT2D eigenvalue weighted by Crippen LogP contribution is -2.15. The minimum Gasteiger partial charge on any atom is -0.310 e. The number of hydrogen-bond acceptors (Lipinski definition) is 2. The molecule has 2 nitrogen and oxygen atoms in total. The summed E-state index contributed by atoms with van der Waals surface area (Å²) in [6, 6.07) is 72.7. The molecule has 0 spiro atoms. The second-order valence-corrected chi connectivity index (χ2v) is 22.6. The molecule has 0 bridgehead atoms. The minimum atomic E-state index is -0.136. The van der Waals surface area contributed by atoms with Crippen LogP contribution in [0.25, 0.3) is 67.4 Å². The van der Waals surface area contributed by atoms with Crippen molar-refractivity contribution in [1.29, 1.82) is 0 Å². The Morgan fingerprint density at radius 3 is 0.784 bits per heavy atom. The quantitative estimate of drug-likeness (QED) is 0.0766. The van der Waals surface area contributed by atoms with Crippen molar-refractivity contribution in [3.63, 3.8) is 0 Å². The number of aryl methyl sites for hydroxylation is 4. The number of benzene rings is 11. The zero-order valence-electron chi connectivity index (χ0n) is 44.7. The molecule has 0 radical (unpaired) electrons. The van der Waals surface area contributed by atoms with Gasteiger partial charge in [-0.3, -0.25) is 0 Å². The molecule has 11 aromatic rings. The lowest BCUT2D eigenvalue weighted by molar-refractivity contribution is 0.595. The van der Waals surface area contributed by atoms with E-state index in [1.807, 2.05) is 0 Å². The average Bonchev–Trinajstić information content (AvgIpc) is 3.39. The van der Waals surface area contributed by atoms with E-state index in [4.69, 9.17) is 0 Å². The van der Waals surface area contributed by atoms with E-state index < -0.39 is 0 Å². The Balaban J connectivity index is 1.14. The van der Waals surface area contributed by atoms with Gasteiger partial charge in [-0.2, -0.15) is 0 Å². The van der Waals surface area contributed by atoms with E-state index in [-0.39, 0.29) is 10.8 Å². The number of hydrogen-bond donors (Lipinski definition) is 0. The molecular weight excluding hydrogens is 893 g/mol. The van der Waals surface area contributed by atoms with E-state index in [0.717, 1.165) is 45.3 Å². The third-order valence-corrected chi connectivity index (χ3v) is 14.9. The summed E-state index contributed by atoms with van der Waals surface area (Å²) < 4.78 is 0. The van der Waals surface area contributed by atoms with Crippen molar-refractivity contribution in [2.45, 2.75) is 80.1 Å². The molecule has 0 unspecified atom stereocenters. The van der Waals surface area contributed by atoms with Crippen LogP contribution in [0.5, 0.6) is 0 Å². The van der Waals surface area contributed by atoms with E-state index >= 15 is 0 Å². The highest BCUT2D eigenvalue weighted by Gasteiger charge is 2.29. The summed E-state index contributed by atoms with van der Waals surface area (Å²) in [6.45, 7) is 22.8. The van der Waals surface area contributed by atoms with Gasteiger partial charge in [0.15, 0.2) is 0 Å². The molecule has 2 heteroatoms. The number of fused-ring (bicyclic) bond motifs is 2. The molecule has 0 aliphatic carbocycles. The zero-order valence-corrected chi connectivity index (χ0v) is 44.7. The largest absolute Gasteiger partial charge is 0.310 e. The first-order valence-corrected chi connectivity index (χ1v) is 26.2. The zero-order chi connectivity index (χ0) is 51.5. The second-order valence-electron chi connectivity index (χ2n) is 22.6. The summed E-state index contributed by atoms with van der Waals surface area (Å²) in [6.07, 6.45) is 8.81. The fourth-order valence-corrected chi connectivity index (χ4v) is 10.9.